The van der Waals surface area contributed by atoms with E-state index in [0.29, 0.717) is 23.9 Å². The third-order valence-corrected chi connectivity index (χ3v) is 5.84. The van der Waals surface area contributed by atoms with Crippen LogP contribution >= 0.6 is 23.2 Å². The normalized spacial score (nSPS) is 13.4. The molecule has 14 heteroatoms. The molecule has 0 saturated carbocycles. The van der Waals surface area contributed by atoms with Crippen LogP contribution < -0.4 is 4.90 Å². The molecule has 0 radical (unpaired) electrons. The van der Waals surface area contributed by atoms with Crippen molar-refractivity contribution in [2.75, 3.05) is 42.8 Å². The molecule has 1 saturated heterocycles. The fraction of sp³-hybridized carbons (Fsp3) is 0.455. The number of piperidine rings is 1. The lowest BCUT2D eigenvalue weighted by Gasteiger charge is -2.27. The molecule has 0 aliphatic carbocycles. The van der Waals surface area contributed by atoms with Crippen LogP contribution in [0, 0.1) is 30.3 Å². The molecule has 0 atom stereocenters. The number of halogens is 2. The van der Waals surface area contributed by atoms with E-state index in [-0.39, 0.29) is 0 Å². The molecule has 0 bridgehead atoms. The van der Waals surface area contributed by atoms with Crippen molar-refractivity contribution in [2.45, 2.75) is 25.8 Å². The maximum Gasteiger partial charge on any atom is 0.324 e. The van der Waals surface area contributed by atoms with Crippen LogP contribution in [0.3, 0.4) is 0 Å². The maximum absolute atomic E-state index is 10.4. The predicted octanol–water partition coefficient (Wildman–Crippen LogP) is 5.07. The molecule has 12 nitrogen and oxygen atoms in total. The van der Waals surface area contributed by atoms with Gasteiger partial charge in [-0.15, -0.1) is 23.2 Å². The van der Waals surface area contributed by atoms with Crippen LogP contribution in [0.5, 0.6) is 5.75 Å². The van der Waals surface area contributed by atoms with Gasteiger partial charge < -0.3 is 10.0 Å². The fourth-order valence-corrected chi connectivity index (χ4v) is 4.18. The first-order valence-corrected chi connectivity index (χ1v) is 12.2. The lowest BCUT2D eigenvalue weighted by Crippen LogP contribution is -2.30. The Morgan fingerprint density at radius 1 is 0.861 bits per heavy atom. The van der Waals surface area contributed by atoms with Crippen LogP contribution in [-0.2, 0) is 6.54 Å². The molecular formula is C22H27Cl2N5O7. The largest absolute Gasteiger partial charge is 0.497 e. The van der Waals surface area contributed by atoms with E-state index < -0.39 is 37.6 Å². The number of nitro benzene ring substituents is 3. The second-order valence-corrected chi connectivity index (χ2v) is 8.73. The first kappa shape index (κ1) is 29.0. The number of hydrogen-bond donors (Lipinski definition) is 1. The molecule has 0 spiro atoms. The van der Waals surface area contributed by atoms with E-state index >= 15 is 0 Å². The summed E-state index contributed by atoms with van der Waals surface area (Å²) in [5.74, 6) is 0.0566. The number of nitro groups is 3. The molecule has 0 unspecified atom stereocenters. The molecule has 2 aromatic rings. The van der Waals surface area contributed by atoms with Gasteiger partial charge in [0.2, 0.25) is 0 Å². The summed E-state index contributed by atoms with van der Waals surface area (Å²) in [7, 11) is 0. The maximum atomic E-state index is 10.4. The fourth-order valence-electron chi connectivity index (χ4n) is 3.77. The predicted molar refractivity (Wildman–Crippen MR) is 137 cm³/mol. The quantitative estimate of drug-likeness (QED) is 0.245. The number of likely N-dealkylation sites (tertiary alicyclic amines) is 1. The lowest BCUT2D eigenvalue weighted by molar-refractivity contribution is -0.404. The zero-order chi connectivity index (χ0) is 26.7. The average Bonchev–Trinajstić information content (AvgIpc) is 2.84. The number of phenolic OH excluding ortho intramolecular Hbond substituents is 1. The van der Waals surface area contributed by atoms with E-state index in [1.54, 1.807) is 0 Å². The van der Waals surface area contributed by atoms with E-state index in [1.807, 2.05) is 0 Å². The molecule has 1 aliphatic rings. The van der Waals surface area contributed by atoms with Crippen LogP contribution in [0.15, 0.2) is 36.4 Å². The number of anilines is 1. The van der Waals surface area contributed by atoms with Crippen molar-refractivity contribution < 1.29 is 19.9 Å². The molecule has 2 aromatic carbocycles. The van der Waals surface area contributed by atoms with Crippen molar-refractivity contribution in [3.8, 4) is 5.75 Å². The second kappa shape index (κ2) is 14.4. The smallest absolute Gasteiger partial charge is 0.324 e. The highest BCUT2D eigenvalue weighted by molar-refractivity contribution is 6.18. The minimum absolute atomic E-state index is 0.447. The van der Waals surface area contributed by atoms with Crippen LogP contribution in [0.2, 0.25) is 0 Å². The van der Waals surface area contributed by atoms with Crippen molar-refractivity contribution >= 4 is 46.0 Å². The summed E-state index contributed by atoms with van der Waals surface area (Å²) < 4.78 is 0. The van der Waals surface area contributed by atoms with Crippen molar-refractivity contribution in [3.05, 3.63) is 72.3 Å². The standard InChI is InChI=1S/C16H24Cl2N2.C6H3N3O7/c17-7-11-20(12-8-18)16-6-4-5-15(13-16)14-19-9-2-1-3-10-19;10-6-4(8(13)14)1-3(7(11)12)2-5(6)9(15)16/h4-6,13H,1-3,7-12,14H2;1-2,10H. The highest BCUT2D eigenvalue weighted by Crippen LogP contribution is 2.39. The highest BCUT2D eigenvalue weighted by atomic mass is 35.5. The molecular weight excluding hydrogens is 517 g/mol. The minimum atomic E-state index is -1.21. The van der Waals surface area contributed by atoms with Crippen molar-refractivity contribution in [1.29, 1.82) is 0 Å². The first-order valence-electron chi connectivity index (χ1n) is 11.2. The summed E-state index contributed by atoms with van der Waals surface area (Å²) in [4.78, 5) is 32.6. The Kier molecular flexibility index (Phi) is 11.6. The van der Waals surface area contributed by atoms with Crippen LogP contribution in [0.1, 0.15) is 24.8 Å². The molecule has 1 heterocycles. The Morgan fingerprint density at radius 2 is 1.42 bits per heavy atom. The highest BCUT2D eigenvalue weighted by Gasteiger charge is 2.30. The van der Waals surface area contributed by atoms with E-state index in [1.165, 1.54) is 43.6 Å². The van der Waals surface area contributed by atoms with Gasteiger partial charge in [0, 0.05) is 37.1 Å². The van der Waals surface area contributed by atoms with E-state index in [2.05, 4.69) is 34.1 Å². The van der Waals surface area contributed by atoms with Crippen molar-refractivity contribution in [2.24, 2.45) is 0 Å². The van der Waals surface area contributed by atoms with Gasteiger partial charge in [-0.1, -0.05) is 18.6 Å². The molecule has 0 amide bonds. The number of phenols is 1. The topological polar surface area (TPSA) is 156 Å². The molecule has 0 aromatic heterocycles. The summed E-state index contributed by atoms with van der Waals surface area (Å²) in [5, 5.41) is 40.2. The Bertz CT molecular complexity index is 1030. The first-order chi connectivity index (χ1) is 17.2. The number of non-ortho nitro benzene ring substituents is 1. The number of benzene rings is 2. The summed E-state index contributed by atoms with van der Waals surface area (Å²) in [6, 6.07) is 9.69. The zero-order valence-electron chi connectivity index (χ0n) is 19.4. The number of alkyl halides is 2. The van der Waals surface area contributed by atoms with Gasteiger partial charge in [0.05, 0.1) is 26.9 Å². The van der Waals surface area contributed by atoms with E-state index in [4.69, 9.17) is 28.3 Å². The van der Waals surface area contributed by atoms with Crippen LogP contribution in [-0.4, -0.2) is 62.7 Å². The summed E-state index contributed by atoms with van der Waals surface area (Å²) in [6.45, 7) is 5.22. The zero-order valence-corrected chi connectivity index (χ0v) is 20.9. The third kappa shape index (κ3) is 8.47. The molecule has 1 fully saturated rings. The van der Waals surface area contributed by atoms with Gasteiger partial charge in [-0.2, -0.15) is 0 Å². The summed E-state index contributed by atoms with van der Waals surface area (Å²) in [5.41, 5.74) is -0.377. The van der Waals surface area contributed by atoms with Crippen LogP contribution in [0.4, 0.5) is 22.7 Å². The Morgan fingerprint density at radius 3 is 1.89 bits per heavy atom. The van der Waals surface area contributed by atoms with Gasteiger partial charge in [0.1, 0.15) is 0 Å². The number of rotatable bonds is 10. The Labute approximate surface area is 217 Å². The van der Waals surface area contributed by atoms with Gasteiger partial charge in [-0.05, 0) is 43.6 Å². The monoisotopic (exact) mass is 543 g/mol. The number of aromatic hydroxyl groups is 1. The van der Waals surface area contributed by atoms with Gasteiger partial charge in [-0.3, -0.25) is 35.2 Å². The van der Waals surface area contributed by atoms with E-state index in [0.717, 1.165) is 19.6 Å². The number of hydrogen-bond acceptors (Lipinski definition) is 9. The van der Waals surface area contributed by atoms with Crippen molar-refractivity contribution in [3.63, 3.8) is 0 Å². The second-order valence-electron chi connectivity index (χ2n) is 7.98. The Balaban J connectivity index is 0.000000261. The molecule has 1 aliphatic heterocycles. The molecule has 1 N–H and O–H groups in total. The molecule has 196 valence electrons. The third-order valence-electron chi connectivity index (χ3n) is 5.50. The summed E-state index contributed by atoms with van der Waals surface area (Å²) >= 11 is 11.8. The molecule has 36 heavy (non-hydrogen) atoms. The van der Waals surface area contributed by atoms with E-state index in [9.17, 15) is 30.3 Å². The minimum Gasteiger partial charge on any atom is -0.497 e. The van der Waals surface area contributed by atoms with Gasteiger partial charge in [0.25, 0.3) is 11.4 Å². The summed E-state index contributed by atoms with van der Waals surface area (Å²) in [6.07, 6.45) is 4.06. The lowest BCUT2D eigenvalue weighted by atomic mass is 10.1. The van der Waals surface area contributed by atoms with Gasteiger partial charge >= 0.3 is 11.4 Å². The Hall–Kier alpha value is -3.22. The van der Waals surface area contributed by atoms with Gasteiger partial charge in [-0.25, -0.2) is 0 Å². The molecule has 3 rings (SSSR count). The number of nitrogens with zero attached hydrogens (tertiary/aromatic N) is 5. The SMILES string of the molecule is ClCCN(CCCl)c1cccc(CN2CCCCC2)c1.O=[N+]([O-])c1cc([N+](=O)[O-])c(O)c([N+](=O)[O-])c1. The average molecular weight is 544 g/mol. The van der Waals surface area contributed by atoms with Crippen LogP contribution in [0.25, 0.3) is 0 Å². The van der Waals surface area contributed by atoms with Crippen molar-refractivity contribution in [1.82, 2.24) is 4.90 Å². The van der Waals surface area contributed by atoms with Gasteiger partial charge in [0.15, 0.2) is 0 Å².